The Morgan fingerprint density at radius 1 is 1.19 bits per heavy atom. The minimum absolute atomic E-state index is 0.365. The first-order valence-electron chi connectivity index (χ1n) is 9.03. The summed E-state index contributed by atoms with van der Waals surface area (Å²) < 4.78 is 5.01. The molecule has 0 bridgehead atoms. The minimum Gasteiger partial charge on any atom is -0.452 e. The molecule has 144 valence electrons. The Bertz CT molecular complexity index is 799. The van der Waals surface area contributed by atoms with Crippen LogP contribution >= 0.6 is 0 Å². The molecule has 2 aliphatic rings. The number of ether oxygens (including phenoxy) is 1. The van der Waals surface area contributed by atoms with E-state index in [0.29, 0.717) is 23.4 Å². The smallest absolute Gasteiger partial charge is 0.344 e. The molecule has 1 spiro atoms. The Kier molecular flexibility index (Phi) is 5.16. The van der Waals surface area contributed by atoms with Crippen molar-refractivity contribution in [3.8, 4) is 0 Å². The van der Waals surface area contributed by atoms with E-state index < -0.39 is 36.0 Å². The number of hydrazine groups is 1. The molecule has 8 heteroatoms. The van der Waals surface area contributed by atoms with Crippen LogP contribution in [-0.4, -0.2) is 41.0 Å². The third kappa shape index (κ3) is 3.79. The van der Waals surface area contributed by atoms with Crippen LogP contribution in [0.2, 0.25) is 0 Å². The molecule has 1 heterocycles. The Morgan fingerprint density at radius 3 is 2.56 bits per heavy atom. The van der Waals surface area contributed by atoms with Crippen LogP contribution in [0.25, 0.3) is 0 Å². The molecule has 27 heavy (non-hydrogen) atoms. The molecule has 1 saturated carbocycles. The maximum absolute atomic E-state index is 12.6. The van der Waals surface area contributed by atoms with Gasteiger partial charge in [0.2, 0.25) is 0 Å². The van der Waals surface area contributed by atoms with E-state index in [4.69, 9.17) is 4.74 Å². The zero-order chi connectivity index (χ0) is 19.6. The molecular weight excluding hydrogens is 350 g/mol. The van der Waals surface area contributed by atoms with E-state index >= 15 is 0 Å². The molecule has 1 aromatic rings. The quantitative estimate of drug-likeness (QED) is 0.618. The molecule has 0 aromatic heterocycles. The lowest BCUT2D eigenvalue weighted by atomic mass is 9.82. The highest BCUT2D eigenvalue weighted by molar-refractivity contribution is 6.08. The van der Waals surface area contributed by atoms with Gasteiger partial charge in [0.15, 0.2) is 6.61 Å². The van der Waals surface area contributed by atoms with Gasteiger partial charge in [0.05, 0.1) is 5.56 Å². The van der Waals surface area contributed by atoms with Crippen LogP contribution in [0.5, 0.6) is 0 Å². The first kappa shape index (κ1) is 18.9. The molecular formula is C19H23N3O5. The summed E-state index contributed by atoms with van der Waals surface area (Å²) in [5, 5.41) is 3.39. The zero-order valence-corrected chi connectivity index (χ0v) is 15.5. The van der Waals surface area contributed by atoms with Gasteiger partial charge in [-0.3, -0.25) is 15.0 Å². The average Bonchev–Trinajstić information content (AvgIpc) is 2.84. The summed E-state index contributed by atoms with van der Waals surface area (Å²) in [5.41, 5.74) is 3.44. The molecule has 1 saturated heterocycles. The third-order valence-corrected chi connectivity index (χ3v) is 5.04. The molecule has 2 N–H and O–H groups in total. The monoisotopic (exact) mass is 373 g/mol. The van der Waals surface area contributed by atoms with Gasteiger partial charge in [0.1, 0.15) is 5.54 Å². The van der Waals surface area contributed by atoms with Gasteiger partial charge in [-0.15, -0.1) is 0 Å². The van der Waals surface area contributed by atoms with Gasteiger partial charge in [-0.2, -0.15) is 5.01 Å². The maximum atomic E-state index is 12.6. The van der Waals surface area contributed by atoms with E-state index in [0.717, 1.165) is 30.4 Å². The summed E-state index contributed by atoms with van der Waals surface area (Å²) in [4.78, 5) is 48.9. The van der Waals surface area contributed by atoms with Gasteiger partial charge < -0.3 is 10.1 Å². The third-order valence-electron chi connectivity index (χ3n) is 5.04. The van der Waals surface area contributed by atoms with Crippen molar-refractivity contribution in [3.05, 3.63) is 34.9 Å². The lowest BCUT2D eigenvalue weighted by molar-refractivity contribution is -0.140. The first-order chi connectivity index (χ1) is 12.8. The second-order valence-electron chi connectivity index (χ2n) is 7.14. The fourth-order valence-corrected chi connectivity index (χ4v) is 3.62. The van der Waals surface area contributed by atoms with Crippen molar-refractivity contribution < 1.29 is 23.9 Å². The SMILES string of the molecule is Cc1ccc(C(=O)OCC(=O)NN2C(=O)NC3(CCCCC3)C2=O)c(C)c1. The van der Waals surface area contributed by atoms with Gasteiger partial charge in [0, 0.05) is 0 Å². The lowest BCUT2D eigenvalue weighted by Crippen LogP contribution is -2.51. The van der Waals surface area contributed by atoms with Crippen molar-refractivity contribution in [1.82, 2.24) is 15.8 Å². The summed E-state index contributed by atoms with van der Waals surface area (Å²) >= 11 is 0. The zero-order valence-electron chi connectivity index (χ0n) is 15.5. The molecule has 2 fully saturated rings. The largest absolute Gasteiger partial charge is 0.452 e. The van der Waals surface area contributed by atoms with E-state index in [-0.39, 0.29) is 0 Å². The van der Waals surface area contributed by atoms with Crippen LogP contribution in [0.1, 0.15) is 53.6 Å². The number of benzene rings is 1. The Labute approximate surface area is 157 Å². The number of rotatable bonds is 4. The summed E-state index contributed by atoms with van der Waals surface area (Å²) in [5.74, 6) is -1.84. The number of aryl methyl sites for hydroxylation is 2. The lowest BCUT2D eigenvalue weighted by Gasteiger charge is -2.30. The van der Waals surface area contributed by atoms with E-state index in [9.17, 15) is 19.2 Å². The molecule has 4 amide bonds. The van der Waals surface area contributed by atoms with Crippen LogP contribution in [-0.2, 0) is 14.3 Å². The Morgan fingerprint density at radius 2 is 1.89 bits per heavy atom. The van der Waals surface area contributed by atoms with E-state index in [2.05, 4.69) is 10.7 Å². The highest BCUT2D eigenvalue weighted by atomic mass is 16.5. The van der Waals surface area contributed by atoms with E-state index in [1.165, 1.54) is 0 Å². The minimum atomic E-state index is -0.918. The van der Waals surface area contributed by atoms with E-state index in [1.807, 2.05) is 13.0 Å². The topological polar surface area (TPSA) is 105 Å². The van der Waals surface area contributed by atoms with Crippen LogP contribution in [0.3, 0.4) is 0 Å². The number of esters is 1. The molecule has 0 unspecified atom stereocenters. The number of nitrogens with one attached hydrogen (secondary N) is 2. The fourth-order valence-electron chi connectivity index (χ4n) is 3.62. The summed E-state index contributed by atoms with van der Waals surface area (Å²) in [7, 11) is 0. The van der Waals surface area contributed by atoms with Crippen LogP contribution < -0.4 is 10.7 Å². The second-order valence-corrected chi connectivity index (χ2v) is 7.14. The molecule has 0 radical (unpaired) electrons. The van der Waals surface area contributed by atoms with Crippen molar-refractivity contribution in [2.75, 3.05) is 6.61 Å². The average molecular weight is 373 g/mol. The van der Waals surface area contributed by atoms with Gasteiger partial charge in [0.25, 0.3) is 11.8 Å². The highest BCUT2D eigenvalue weighted by Crippen LogP contribution is 2.32. The van der Waals surface area contributed by atoms with Crippen molar-refractivity contribution in [2.45, 2.75) is 51.5 Å². The van der Waals surface area contributed by atoms with Crippen LogP contribution in [0.15, 0.2) is 18.2 Å². The molecule has 3 rings (SSSR count). The highest BCUT2D eigenvalue weighted by Gasteiger charge is 2.52. The van der Waals surface area contributed by atoms with Crippen molar-refractivity contribution in [1.29, 1.82) is 0 Å². The van der Waals surface area contributed by atoms with Gasteiger partial charge in [-0.25, -0.2) is 9.59 Å². The molecule has 1 aromatic carbocycles. The molecule has 0 atom stereocenters. The fraction of sp³-hybridized carbons (Fsp3) is 0.474. The second kappa shape index (κ2) is 7.38. The van der Waals surface area contributed by atoms with E-state index in [1.54, 1.807) is 19.1 Å². The van der Waals surface area contributed by atoms with Gasteiger partial charge in [-0.1, -0.05) is 37.0 Å². The summed E-state index contributed by atoms with van der Waals surface area (Å²) in [6, 6.07) is 4.60. The number of carbonyl (C=O) groups excluding carboxylic acids is 4. The predicted molar refractivity (Wildman–Crippen MR) is 95.5 cm³/mol. The number of nitrogens with zero attached hydrogens (tertiary/aromatic N) is 1. The normalized spacial score (nSPS) is 18.4. The van der Waals surface area contributed by atoms with Gasteiger partial charge in [-0.05, 0) is 38.3 Å². The van der Waals surface area contributed by atoms with Crippen molar-refractivity contribution >= 4 is 23.8 Å². The standard InChI is InChI=1S/C19H23N3O5/c1-12-6-7-14(13(2)10-12)16(24)27-11-15(23)21-22-17(25)19(20-18(22)26)8-4-3-5-9-19/h6-7,10H,3-5,8-9,11H2,1-2H3,(H,20,26)(H,21,23). The summed E-state index contributed by atoms with van der Waals surface area (Å²) in [6.45, 7) is 3.10. The number of carbonyl (C=O) groups is 4. The first-order valence-corrected chi connectivity index (χ1v) is 9.03. The molecule has 1 aliphatic carbocycles. The summed E-state index contributed by atoms with van der Waals surface area (Å²) in [6.07, 6.45) is 3.84. The predicted octanol–water partition coefficient (Wildman–Crippen LogP) is 1.75. The van der Waals surface area contributed by atoms with Crippen LogP contribution in [0.4, 0.5) is 4.79 Å². The number of urea groups is 1. The van der Waals surface area contributed by atoms with Crippen LogP contribution in [0, 0.1) is 13.8 Å². The van der Waals surface area contributed by atoms with Gasteiger partial charge >= 0.3 is 12.0 Å². The number of imide groups is 1. The number of hydrogen-bond donors (Lipinski definition) is 2. The van der Waals surface area contributed by atoms with Crippen molar-refractivity contribution in [3.63, 3.8) is 0 Å². The molecule has 1 aliphatic heterocycles. The molecule has 8 nitrogen and oxygen atoms in total. The number of hydrogen-bond acceptors (Lipinski definition) is 5. The Hall–Kier alpha value is -2.90. The Balaban J connectivity index is 1.57. The number of amides is 4. The van der Waals surface area contributed by atoms with Crippen molar-refractivity contribution in [2.24, 2.45) is 0 Å². The maximum Gasteiger partial charge on any atom is 0.344 e.